The fraction of sp³-hybridized carbons (Fsp3) is 0.333. The van der Waals surface area contributed by atoms with Gasteiger partial charge in [0.2, 0.25) is 15.9 Å². The summed E-state index contributed by atoms with van der Waals surface area (Å²) in [6.07, 6.45) is 0. The maximum absolute atomic E-state index is 11.0. The molecule has 1 heterocycles. The zero-order valence-electron chi connectivity index (χ0n) is 6.81. The summed E-state index contributed by atoms with van der Waals surface area (Å²) in [5.74, 6) is -0.583. The van der Waals surface area contributed by atoms with Crippen molar-refractivity contribution < 1.29 is 12.9 Å². The summed E-state index contributed by atoms with van der Waals surface area (Å²) in [6.45, 7) is 1.66. The Bertz CT molecular complexity index is 428. The molecule has 6 nitrogen and oxygen atoms in total. The number of nitrogens with zero attached hydrogens (tertiary/aromatic N) is 2. The predicted octanol–water partition coefficient (Wildman–Crippen LogP) is 0.248. The Morgan fingerprint density at radius 3 is 2.92 bits per heavy atom. The average molecular weight is 201 g/mol. The second-order valence-corrected chi connectivity index (χ2v) is 4.07. The lowest BCUT2D eigenvalue weighted by Crippen LogP contribution is -2.14. The summed E-state index contributed by atoms with van der Waals surface area (Å²) < 4.78 is 28.6. The Hall–Kier alpha value is -1.55. The highest BCUT2D eigenvalue weighted by atomic mass is 32.2. The van der Waals surface area contributed by atoms with Crippen LogP contribution in [0.25, 0.3) is 0 Å². The first kappa shape index (κ1) is 9.54. The van der Waals surface area contributed by atoms with Crippen LogP contribution < -0.4 is 4.72 Å². The molecule has 0 radical (unpaired) electrons. The molecule has 13 heavy (non-hydrogen) atoms. The molecular formula is C6H7N3O3S. The Balaban J connectivity index is 2.76. The van der Waals surface area contributed by atoms with E-state index in [0.29, 0.717) is 5.69 Å². The van der Waals surface area contributed by atoms with E-state index in [0.717, 1.165) is 0 Å². The quantitative estimate of drug-likeness (QED) is 0.756. The van der Waals surface area contributed by atoms with Crippen molar-refractivity contribution in [2.24, 2.45) is 0 Å². The number of anilines is 1. The highest BCUT2D eigenvalue weighted by Gasteiger charge is 2.11. The highest BCUT2D eigenvalue weighted by molar-refractivity contribution is 7.92. The van der Waals surface area contributed by atoms with Crippen molar-refractivity contribution in [2.75, 3.05) is 10.5 Å². The molecule has 7 heteroatoms. The van der Waals surface area contributed by atoms with Crippen molar-refractivity contribution in [3.8, 4) is 6.07 Å². The Labute approximate surface area is 75.2 Å². The van der Waals surface area contributed by atoms with Crippen LogP contribution in [-0.2, 0) is 10.0 Å². The maximum Gasteiger partial charge on any atom is 0.248 e. The van der Waals surface area contributed by atoms with E-state index < -0.39 is 15.8 Å². The molecule has 1 aromatic heterocycles. The predicted molar refractivity (Wildman–Crippen MR) is 44.3 cm³/mol. The van der Waals surface area contributed by atoms with Gasteiger partial charge in [-0.2, -0.15) is 5.26 Å². The van der Waals surface area contributed by atoms with Crippen LogP contribution in [0.4, 0.5) is 5.88 Å². The fourth-order valence-corrected chi connectivity index (χ4v) is 1.33. The number of aryl methyl sites for hydroxylation is 1. The van der Waals surface area contributed by atoms with Crippen LogP contribution in [0.15, 0.2) is 10.6 Å². The smallest absolute Gasteiger partial charge is 0.248 e. The zero-order valence-corrected chi connectivity index (χ0v) is 7.63. The molecule has 1 rings (SSSR count). The van der Waals surface area contributed by atoms with Crippen molar-refractivity contribution >= 4 is 15.9 Å². The van der Waals surface area contributed by atoms with E-state index in [1.165, 1.54) is 12.1 Å². The minimum absolute atomic E-state index is 0.0211. The van der Waals surface area contributed by atoms with Gasteiger partial charge in [-0.1, -0.05) is 5.16 Å². The second kappa shape index (κ2) is 3.45. The molecule has 1 aromatic rings. The number of sulfonamides is 1. The van der Waals surface area contributed by atoms with Gasteiger partial charge in [-0.3, -0.25) is 4.72 Å². The van der Waals surface area contributed by atoms with Crippen molar-refractivity contribution in [1.29, 1.82) is 5.26 Å². The van der Waals surface area contributed by atoms with Crippen molar-refractivity contribution in [2.45, 2.75) is 6.92 Å². The van der Waals surface area contributed by atoms with E-state index in [9.17, 15) is 8.42 Å². The van der Waals surface area contributed by atoms with Crippen molar-refractivity contribution in [3.05, 3.63) is 11.8 Å². The molecule has 1 N–H and O–H groups in total. The molecule has 0 saturated heterocycles. The van der Waals surface area contributed by atoms with Crippen LogP contribution in [-0.4, -0.2) is 19.3 Å². The molecule has 0 unspecified atom stereocenters. The molecule has 0 aliphatic carbocycles. The first-order valence-electron chi connectivity index (χ1n) is 3.34. The Morgan fingerprint density at radius 1 is 1.77 bits per heavy atom. The lowest BCUT2D eigenvalue weighted by Gasteiger charge is -1.97. The van der Waals surface area contributed by atoms with Crippen molar-refractivity contribution in [1.82, 2.24) is 5.16 Å². The van der Waals surface area contributed by atoms with E-state index >= 15 is 0 Å². The monoisotopic (exact) mass is 201 g/mol. The molecule has 0 aromatic carbocycles. The third kappa shape index (κ3) is 2.76. The van der Waals surface area contributed by atoms with Gasteiger partial charge in [0.15, 0.2) is 5.75 Å². The molecular weight excluding hydrogens is 194 g/mol. The molecule has 0 aliphatic rings. The third-order valence-electron chi connectivity index (χ3n) is 1.14. The van der Waals surface area contributed by atoms with Crippen molar-refractivity contribution in [3.63, 3.8) is 0 Å². The number of rotatable bonds is 3. The minimum atomic E-state index is -3.62. The molecule has 0 atom stereocenters. The van der Waals surface area contributed by atoms with Gasteiger partial charge in [0.05, 0.1) is 11.8 Å². The molecule has 0 spiro atoms. The number of aromatic nitrogens is 1. The van der Waals surface area contributed by atoms with Crippen LogP contribution in [0.1, 0.15) is 5.69 Å². The van der Waals surface area contributed by atoms with Crippen LogP contribution in [0.5, 0.6) is 0 Å². The summed E-state index contributed by atoms with van der Waals surface area (Å²) in [5.41, 5.74) is 0.564. The van der Waals surface area contributed by atoms with Gasteiger partial charge in [-0.15, -0.1) is 0 Å². The van der Waals surface area contributed by atoms with Crippen LogP contribution in [0.3, 0.4) is 0 Å². The molecule has 0 fully saturated rings. The highest BCUT2D eigenvalue weighted by Crippen LogP contribution is 2.10. The number of hydrogen-bond donors (Lipinski definition) is 1. The van der Waals surface area contributed by atoms with E-state index in [-0.39, 0.29) is 5.88 Å². The van der Waals surface area contributed by atoms with E-state index in [1.54, 1.807) is 6.92 Å². The van der Waals surface area contributed by atoms with Gasteiger partial charge in [0, 0.05) is 6.07 Å². The van der Waals surface area contributed by atoms with E-state index in [2.05, 4.69) is 14.4 Å². The largest absolute Gasteiger partial charge is 0.338 e. The SMILES string of the molecule is Cc1cc(NS(=O)(=O)CC#N)on1. The van der Waals surface area contributed by atoms with Gasteiger partial charge in [-0.05, 0) is 6.92 Å². The van der Waals surface area contributed by atoms with E-state index in [1.807, 2.05) is 0 Å². The summed E-state index contributed by atoms with van der Waals surface area (Å²) in [5, 5.41) is 11.6. The maximum atomic E-state index is 11.0. The topological polar surface area (TPSA) is 96.0 Å². The van der Waals surface area contributed by atoms with E-state index in [4.69, 9.17) is 5.26 Å². The van der Waals surface area contributed by atoms with Crippen LogP contribution >= 0.6 is 0 Å². The second-order valence-electron chi connectivity index (χ2n) is 2.35. The summed E-state index contributed by atoms with van der Waals surface area (Å²) in [7, 11) is -3.62. The molecule has 0 saturated carbocycles. The number of nitrogens with one attached hydrogen (secondary N) is 1. The number of hydrogen-bond acceptors (Lipinski definition) is 5. The average Bonchev–Trinajstić information content (AvgIpc) is 2.34. The Morgan fingerprint density at radius 2 is 2.46 bits per heavy atom. The third-order valence-corrected chi connectivity index (χ3v) is 2.16. The summed E-state index contributed by atoms with van der Waals surface area (Å²) >= 11 is 0. The first-order valence-corrected chi connectivity index (χ1v) is 4.99. The standard InChI is InChI=1S/C6H7N3O3S/c1-5-4-6(12-8-5)9-13(10,11)3-2-7/h4,9H,3H2,1H3. The molecule has 0 amide bonds. The summed E-state index contributed by atoms with van der Waals surface area (Å²) in [6, 6.07) is 2.95. The molecule has 0 bridgehead atoms. The van der Waals surface area contributed by atoms with Gasteiger partial charge >= 0.3 is 0 Å². The number of nitriles is 1. The van der Waals surface area contributed by atoms with Gasteiger partial charge in [0.25, 0.3) is 0 Å². The van der Waals surface area contributed by atoms with Crippen LogP contribution in [0, 0.1) is 18.3 Å². The fourth-order valence-electron chi connectivity index (χ4n) is 0.686. The Kier molecular flexibility index (Phi) is 2.53. The van der Waals surface area contributed by atoms with Crippen LogP contribution in [0.2, 0.25) is 0 Å². The minimum Gasteiger partial charge on any atom is -0.338 e. The van der Waals surface area contributed by atoms with Gasteiger partial charge in [0.1, 0.15) is 0 Å². The lowest BCUT2D eigenvalue weighted by atomic mass is 10.5. The first-order chi connectivity index (χ1) is 6.03. The van der Waals surface area contributed by atoms with Gasteiger partial charge in [-0.25, -0.2) is 8.42 Å². The normalized spacial score (nSPS) is 10.8. The molecule has 70 valence electrons. The lowest BCUT2D eigenvalue weighted by molar-refractivity contribution is 0.430. The molecule has 0 aliphatic heterocycles. The zero-order chi connectivity index (χ0) is 9.90. The summed E-state index contributed by atoms with van der Waals surface area (Å²) in [4.78, 5) is 0. The van der Waals surface area contributed by atoms with Gasteiger partial charge < -0.3 is 4.52 Å².